The fourth-order valence-corrected chi connectivity index (χ4v) is 5.21. The minimum Gasteiger partial charge on any atom is -0.354 e. The van der Waals surface area contributed by atoms with Crippen molar-refractivity contribution in [2.45, 2.75) is 17.7 Å². The van der Waals surface area contributed by atoms with Gasteiger partial charge < -0.3 is 16.0 Å². The van der Waals surface area contributed by atoms with Gasteiger partial charge in [-0.3, -0.25) is 0 Å². The van der Waals surface area contributed by atoms with Gasteiger partial charge in [0.25, 0.3) is 0 Å². The van der Waals surface area contributed by atoms with E-state index < -0.39 is 10.0 Å². The molecule has 29 heavy (non-hydrogen) atoms. The second kappa shape index (κ2) is 9.17. The first-order chi connectivity index (χ1) is 14.1. The van der Waals surface area contributed by atoms with Crippen molar-refractivity contribution in [3.8, 4) is 11.3 Å². The maximum Gasteiger partial charge on any atom is 0.243 e. The van der Waals surface area contributed by atoms with Crippen molar-refractivity contribution in [3.05, 3.63) is 36.5 Å². The molecule has 2 aromatic rings. The molecule has 0 radical (unpaired) electrons. The number of benzene rings is 1. The average Bonchev–Trinajstić information content (AvgIpc) is 2.79. The van der Waals surface area contributed by atoms with Crippen molar-refractivity contribution < 1.29 is 8.42 Å². The Morgan fingerprint density at radius 3 is 2.59 bits per heavy atom. The fourth-order valence-electron chi connectivity index (χ4n) is 3.77. The third-order valence-corrected chi connectivity index (χ3v) is 7.38. The van der Waals surface area contributed by atoms with Gasteiger partial charge in [0.2, 0.25) is 16.0 Å². The molecule has 3 heterocycles. The molecule has 2 fully saturated rings. The lowest BCUT2D eigenvalue weighted by Crippen LogP contribution is -2.46. The highest BCUT2D eigenvalue weighted by molar-refractivity contribution is 7.89. The number of piperazine rings is 1. The van der Waals surface area contributed by atoms with Crippen LogP contribution in [0.1, 0.15) is 12.8 Å². The Hall–Kier alpha value is -2.07. The van der Waals surface area contributed by atoms with Crippen molar-refractivity contribution in [1.82, 2.24) is 24.9 Å². The summed E-state index contributed by atoms with van der Waals surface area (Å²) in [6.07, 6.45) is 4.15. The largest absolute Gasteiger partial charge is 0.354 e. The quantitative estimate of drug-likeness (QED) is 0.650. The van der Waals surface area contributed by atoms with Gasteiger partial charge in [0.05, 0.1) is 10.6 Å². The number of aromatic nitrogens is 2. The molecule has 0 bridgehead atoms. The predicted molar refractivity (Wildman–Crippen MR) is 113 cm³/mol. The summed E-state index contributed by atoms with van der Waals surface area (Å²) in [4.78, 5) is 9.23. The van der Waals surface area contributed by atoms with Crippen LogP contribution in [-0.2, 0) is 10.0 Å². The first-order valence-electron chi connectivity index (χ1n) is 10.2. The summed E-state index contributed by atoms with van der Waals surface area (Å²) in [5.41, 5.74) is 1.64. The van der Waals surface area contributed by atoms with Crippen LogP contribution in [0.25, 0.3) is 11.3 Å². The molecule has 156 valence electrons. The number of sulfonamides is 1. The highest BCUT2D eigenvalue weighted by Crippen LogP contribution is 2.22. The molecule has 1 aromatic heterocycles. The highest BCUT2D eigenvalue weighted by atomic mass is 32.2. The Bertz CT molecular complexity index is 907. The molecule has 4 rings (SSSR count). The predicted octanol–water partition coefficient (Wildman–Crippen LogP) is 1.15. The lowest BCUT2D eigenvalue weighted by molar-refractivity contribution is 0.360. The van der Waals surface area contributed by atoms with E-state index in [4.69, 9.17) is 0 Å². The third-order valence-electron chi connectivity index (χ3n) is 5.47. The van der Waals surface area contributed by atoms with E-state index in [0.29, 0.717) is 42.9 Å². The smallest absolute Gasteiger partial charge is 0.243 e. The second-order valence-electron chi connectivity index (χ2n) is 7.54. The molecule has 0 spiro atoms. The van der Waals surface area contributed by atoms with Gasteiger partial charge in [0, 0.05) is 44.5 Å². The first kappa shape index (κ1) is 20.2. The summed E-state index contributed by atoms with van der Waals surface area (Å²) >= 11 is 0. The Kier molecular flexibility index (Phi) is 6.39. The van der Waals surface area contributed by atoms with Crippen LogP contribution in [0.15, 0.2) is 41.4 Å². The van der Waals surface area contributed by atoms with E-state index in [0.717, 1.165) is 30.9 Å². The molecule has 0 saturated carbocycles. The summed E-state index contributed by atoms with van der Waals surface area (Å²) in [5, 5.41) is 9.92. The van der Waals surface area contributed by atoms with Crippen molar-refractivity contribution >= 4 is 16.0 Å². The zero-order valence-corrected chi connectivity index (χ0v) is 17.3. The Morgan fingerprint density at radius 1 is 1.07 bits per heavy atom. The van der Waals surface area contributed by atoms with E-state index in [1.807, 2.05) is 18.2 Å². The summed E-state index contributed by atoms with van der Waals surface area (Å²) < 4.78 is 27.1. The highest BCUT2D eigenvalue weighted by Gasteiger charge is 2.25. The van der Waals surface area contributed by atoms with Crippen LogP contribution >= 0.6 is 0 Å². The standard InChI is InChI=1S/C20H28N6O2S/c27-29(28,26-12-10-21-11-13-26)18-5-3-17(4-6-18)19-7-9-23-20(25-19)24-15-16-2-1-8-22-14-16/h3-7,9,16,21-22H,1-2,8,10-15H2,(H,23,24,25). The molecule has 1 atom stereocenters. The van der Waals surface area contributed by atoms with E-state index in [2.05, 4.69) is 25.9 Å². The summed E-state index contributed by atoms with van der Waals surface area (Å²) in [7, 11) is -3.45. The van der Waals surface area contributed by atoms with E-state index in [1.54, 1.807) is 18.3 Å². The van der Waals surface area contributed by atoms with Crippen LogP contribution < -0.4 is 16.0 Å². The molecular weight excluding hydrogens is 388 g/mol. The molecule has 8 nitrogen and oxygen atoms in total. The summed E-state index contributed by atoms with van der Waals surface area (Å²) in [6.45, 7) is 5.34. The number of hydrogen-bond acceptors (Lipinski definition) is 7. The molecule has 2 saturated heterocycles. The van der Waals surface area contributed by atoms with Crippen LogP contribution in [-0.4, -0.2) is 68.5 Å². The van der Waals surface area contributed by atoms with Gasteiger partial charge in [0.15, 0.2) is 0 Å². The fraction of sp³-hybridized carbons (Fsp3) is 0.500. The van der Waals surface area contributed by atoms with Crippen molar-refractivity contribution in [3.63, 3.8) is 0 Å². The molecule has 9 heteroatoms. The lowest BCUT2D eigenvalue weighted by Gasteiger charge is -2.26. The minimum atomic E-state index is -3.45. The maximum atomic E-state index is 12.8. The van der Waals surface area contributed by atoms with E-state index in [1.165, 1.54) is 17.1 Å². The number of anilines is 1. The number of hydrogen-bond donors (Lipinski definition) is 3. The molecule has 1 aromatic carbocycles. The number of piperidine rings is 1. The zero-order chi connectivity index (χ0) is 20.1. The minimum absolute atomic E-state index is 0.320. The van der Waals surface area contributed by atoms with Crippen molar-refractivity contribution in [2.75, 3.05) is 51.1 Å². The number of nitrogens with zero attached hydrogens (tertiary/aromatic N) is 3. The topological polar surface area (TPSA) is 99.2 Å². The van der Waals surface area contributed by atoms with E-state index >= 15 is 0 Å². The maximum absolute atomic E-state index is 12.8. The van der Waals surface area contributed by atoms with Crippen LogP contribution in [0.4, 0.5) is 5.95 Å². The van der Waals surface area contributed by atoms with Gasteiger partial charge in [-0.05, 0) is 50.0 Å². The van der Waals surface area contributed by atoms with Gasteiger partial charge >= 0.3 is 0 Å². The van der Waals surface area contributed by atoms with Crippen LogP contribution in [0.3, 0.4) is 0 Å². The molecule has 3 N–H and O–H groups in total. The van der Waals surface area contributed by atoms with Crippen LogP contribution in [0.2, 0.25) is 0 Å². The molecule has 2 aliphatic heterocycles. The van der Waals surface area contributed by atoms with Crippen molar-refractivity contribution in [1.29, 1.82) is 0 Å². The summed E-state index contributed by atoms with van der Waals surface area (Å²) in [6, 6.07) is 8.79. The molecule has 0 amide bonds. The number of nitrogens with one attached hydrogen (secondary N) is 3. The van der Waals surface area contributed by atoms with E-state index in [-0.39, 0.29) is 0 Å². The Labute approximate surface area is 172 Å². The second-order valence-corrected chi connectivity index (χ2v) is 9.48. The average molecular weight is 417 g/mol. The van der Waals surface area contributed by atoms with Gasteiger partial charge in [-0.25, -0.2) is 18.4 Å². The summed E-state index contributed by atoms with van der Waals surface area (Å²) in [5.74, 6) is 1.19. The lowest BCUT2D eigenvalue weighted by atomic mass is 10.00. The molecule has 0 aliphatic carbocycles. The van der Waals surface area contributed by atoms with E-state index in [9.17, 15) is 8.42 Å². The Balaban J connectivity index is 1.44. The molecular formula is C20H28N6O2S. The SMILES string of the molecule is O=S(=O)(c1ccc(-c2ccnc(NCC3CCCNC3)n2)cc1)N1CCNCC1. The van der Waals surface area contributed by atoms with Crippen molar-refractivity contribution in [2.24, 2.45) is 5.92 Å². The Morgan fingerprint density at radius 2 is 1.86 bits per heavy atom. The first-order valence-corrected chi connectivity index (χ1v) is 11.7. The van der Waals surface area contributed by atoms with Gasteiger partial charge in [-0.15, -0.1) is 0 Å². The normalized spacial score (nSPS) is 21.0. The monoisotopic (exact) mass is 416 g/mol. The van der Waals surface area contributed by atoms with Crippen LogP contribution in [0, 0.1) is 5.92 Å². The zero-order valence-electron chi connectivity index (χ0n) is 16.5. The van der Waals surface area contributed by atoms with Gasteiger partial charge in [-0.1, -0.05) is 12.1 Å². The van der Waals surface area contributed by atoms with Gasteiger partial charge in [-0.2, -0.15) is 4.31 Å². The molecule has 1 unspecified atom stereocenters. The third kappa shape index (κ3) is 4.92. The number of rotatable bonds is 6. The van der Waals surface area contributed by atoms with Crippen LogP contribution in [0.5, 0.6) is 0 Å². The van der Waals surface area contributed by atoms with Gasteiger partial charge in [0.1, 0.15) is 0 Å². The molecule has 2 aliphatic rings.